The molecule has 0 aromatic carbocycles. The third kappa shape index (κ3) is 4.22. The summed E-state index contributed by atoms with van der Waals surface area (Å²) in [5.74, 6) is 1.76. The van der Waals surface area contributed by atoms with Crippen molar-refractivity contribution in [3.63, 3.8) is 0 Å². The average Bonchev–Trinajstić information content (AvgIpc) is 3.24. The van der Waals surface area contributed by atoms with Crippen LogP contribution in [0.3, 0.4) is 0 Å². The number of hydrogen-bond acceptors (Lipinski definition) is 4. The molecule has 0 bridgehead atoms. The molecule has 1 aromatic rings. The topological polar surface area (TPSA) is 70.4 Å². The Morgan fingerprint density at radius 3 is 2.61 bits per heavy atom. The predicted molar refractivity (Wildman–Crippen MR) is 91.2 cm³/mol. The highest BCUT2D eigenvalue weighted by molar-refractivity contribution is 5.79. The summed E-state index contributed by atoms with van der Waals surface area (Å²) in [7, 11) is 3.72. The Hall–Kier alpha value is -1.63. The lowest BCUT2D eigenvalue weighted by molar-refractivity contribution is 0.150. The van der Waals surface area contributed by atoms with E-state index in [0.717, 1.165) is 17.8 Å². The molecule has 1 aliphatic carbocycles. The van der Waals surface area contributed by atoms with Crippen molar-refractivity contribution in [2.24, 2.45) is 12.0 Å². The second-order valence-corrected chi connectivity index (χ2v) is 6.62. The smallest absolute Gasteiger partial charge is 0.191 e. The van der Waals surface area contributed by atoms with Crippen LogP contribution >= 0.6 is 0 Å². The van der Waals surface area contributed by atoms with Crippen LogP contribution in [-0.4, -0.2) is 57.8 Å². The number of likely N-dealkylation sites (tertiary alicyclic amines) is 1. The normalized spacial score (nSPS) is 21.7. The number of piperidine rings is 1. The maximum Gasteiger partial charge on any atom is 0.191 e. The van der Waals surface area contributed by atoms with Gasteiger partial charge in [0.05, 0.1) is 6.54 Å². The molecule has 1 aliphatic heterocycles. The summed E-state index contributed by atoms with van der Waals surface area (Å²) in [5, 5.41) is 11.0. The summed E-state index contributed by atoms with van der Waals surface area (Å²) < 4.78 is 1.78. The van der Waals surface area contributed by atoms with E-state index >= 15 is 0 Å². The molecular formula is C16H29N7. The van der Waals surface area contributed by atoms with Crippen molar-refractivity contribution in [1.29, 1.82) is 0 Å². The van der Waals surface area contributed by atoms with Crippen molar-refractivity contribution in [2.45, 2.75) is 57.2 Å². The second-order valence-electron chi connectivity index (χ2n) is 6.62. The molecule has 0 spiro atoms. The van der Waals surface area contributed by atoms with Gasteiger partial charge >= 0.3 is 0 Å². The van der Waals surface area contributed by atoms with Gasteiger partial charge in [-0.05, 0) is 25.7 Å². The van der Waals surface area contributed by atoms with E-state index in [1.165, 1.54) is 51.6 Å². The first-order valence-corrected chi connectivity index (χ1v) is 8.80. The van der Waals surface area contributed by atoms with E-state index in [1.807, 2.05) is 14.1 Å². The lowest BCUT2D eigenvalue weighted by Gasteiger charge is -2.36. The summed E-state index contributed by atoms with van der Waals surface area (Å²) >= 11 is 0. The SMILES string of the molecule is CN=C(NCc1ncnn1C)NC1CCN(C2CCCC2)CC1. The van der Waals surface area contributed by atoms with Crippen LogP contribution in [0.4, 0.5) is 0 Å². The highest BCUT2D eigenvalue weighted by Gasteiger charge is 2.27. The lowest BCUT2D eigenvalue weighted by atomic mass is 10.0. The Balaban J connectivity index is 1.42. The van der Waals surface area contributed by atoms with E-state index in [-0.39, 0.29) is 0 Å². The van der Waals surface area contributed by atoms with Crippen LogP contribution in [-0.2, 0) is 13.6 Å². The number of rotatable bonds is 4. The second kappa shape index (κ2) is 7.77. The Morgan fingerprint density at radius 1 is 1.26 bits per heavy atom. The number of hydrogen-bond donors (Lipinski definition) is 2. The van der Waals surface area contributed by atoms with Crippen molar-refractivity contribution in [2.75, 3.05) is 20.1 Å². The van der Waals surface area contributed by atoms with Crippen molar-refractivity contribution in [1.82, 2.24) is 30.3 Å². The maximum atomic E-state index is 4.33. The monoisotopic (exact) mass is 319 g/mol. The molecule has 3 rings (SSSR count). The first-order chi connectivity index (χ1) is 11.3. The Bertz CT molecular complexity index is 510. The molecule has 128 valence electrons. The van der Waals surface area contributed by atoms with Crippen LogP contribution in [0, 0.1) is 0 Å². The summed E-state index contributed by atoms with van der Waals surface area (Å²) in [6.07, 6.45) is 9.61. The third-order valence-electron chi connectivity index (χ3n) is 5.15. The summed E-state index contributed by atoms with van der Waals surface area (Å²) in [6.45, 7) is 3.06. The van der Waals surface area contributed by atoms with Gasteiger partial charge in [0.2, 0.25) is 0 Å². The highest BCUT2D eigenvalue weighted by Crippen LogP contribution is 2.26. The standard InChI is InChI=1S/C16H29N7/c1-17-16(18-11-15-19-12-20-22(15)2)21-13-7-9-23(10-8-13)14-5-3-4-6-14/h12-14H,3-11H2,1-2H3,(H2,17,18,21). The van der Waals surface area contributed by atoms with E-state index in [1.54, 1.807) is 11.0 Å². The zero-order valence-corrected chi connectivity index (χ0v) is 14.3. The average molecular weight is 319 g/mol. The molecule has 0 amide bonds. The van der Waals surface area contributed by atoms with Gasteiger partial charge in [0, 0.05) is 39.3 Å². The molecule has 2 N–H and O–H groups in total. The molecule has 2 heterocycles. The minimum atomic E-state index is 0.512. The van der Waals surface area contributed by atoms with Crippen LogP contribution in [0.2, 0.25) is 0 Å². The molecule has 0 atom stereocenters. The van der Waals surface area contributed by atoms with Crippen LogP contribution in [0.1, 0.15) is 44.3 Å². The highest BCUT2D eigenvalue weighted by atomic mass is 15.3. The first kappa shape index (κ1) is 16.2. The Kier molecular flexibility index (Phi) is 5.48. The van der Waals surface area contributed by atoms with Crippen molar-refractivity contribution < 1.29 is 0 Å². The molecule has 2 fully saturated rings. The third-order valence-corrected chi connectivity index (χ3v) is 5.15. The van der Waals surface area contributed by atoms with Gasteiger partial charge < -0.3 is 15.5 Å². The van der Waals surface area contributed by atoms with Crippen LogP contribution in [0.5, 0.6) is 0 Å². The summed E-state index contributed by atoms with van der Waals surface area (Å²) in [4.78, 5) is 11.2. The van der Waals surface area contributed by atoms with Gasteiger partial charge in [-0.2, -0.15) is 5.10 Å². The van der Waals surface area contributed by atoms with E-state index < -0.39 is 0 Å². The van der Waals surface area contributed by atoms with Gasteiger partial charge in [0.15, 0.2) is 5.96 Å². The molecule has 0 unspecified atom stereocenters. The lowest BCUT2D eigenvalue weighted by Crippen LogP contribution is -2.50. The zero-order valence-electron chi connectivity index (χ0n) is 14.3. The van der Waals surface area contributed by atoms with E-state index in [0.29, 0.717) is 12.6 Å². The fourth-order valence-electron chi connectivity index (χ4n) is 3.71. The van der Waals surface area contributed by atoms with E-state index in [2.05, 4.69) is 30.6 Å². The van der Waals surface area contributed by atoms with Crippen LogP contribution in [0.25, 0.3) is 0 Å². The molecular weight excluding hydrogens is 290 g/mol. The molecule has 2 aliphatic rings. The molecule has 1 aromatic heterocycles. The molecule has 7 nitrogen and oxygen atoms in total. The minimum absolute atomic E-state index is 0.512. The van der Waals surface area contributed by atoms with Gasteiger partial charge in [0.1, 0.15) is 12.2 Å². The number of aromatic nitrogens is 3. The summed E-state index contributed by atoms with van der Waals surface area (Å²) in [6, 6.07) is 1.36. The fraction of sp³-hybridized carbons (Fsp3) is 0.812. The van der Waals surface area contributed by atoms with Gasteiger partial charge in [-0.1, -0.05) is 12.8 Å². The number of aryl methyl sites for hydroxylation is 1. The fourth-order valence-corrected chi connectivity index (χ4v) is 3.71. The van der Waals surface area contributed by atoms with Crippen molar-refractivity contribution in [3.8, 4) is 0 Å². The van der Waals surface area contributed by atoms with Gasteiger partial charge in [-0.3, -0.25) is 9.67 Å². The predicted octanol–water partition coefficient (Wildman–Crippen LogP) is 0.887. The van der Waals surface area contributed by atoms with Gasteiger partial charge in [0.25, 0.3) is 0 Å². The minimum Gasteiger partial charge on any atom is -0.354 e. The molecule has 7 heteroatoms. The number of guanidine groups is 1. The molecule has 23 heavy (non-hydrogen) atoms. The first-order valence-electron chi connectivity index (χ1n) is 8.80. The molecule has 1 saturated carbocycles. The van der Waals surface area contributed by atoms with E-state index in [9.17, 15) is 0 Å². The zero-order chi connectivity index (χ0) is 16.1. The molecule has 1 saturated heterocycles. The van der Waals surface area contributed by atoms with Crippen LogP contribution in [0.15, 0.2) is 11.3 Å². The van der Waals surface area contributed by atoms with Crippen LogP contribution < -0.4 is 10.6 Å². The van der Waals surface area contributed by atoms with Gasteiger partial charge in [-0.15, -0.1) is 0 Å². The Labute approximate surface area is 138 Å². The quantitative estimate of drug-likeness (QED) is 0.637. The number of aliphatic imine (C=N–C) groups is 1. The summed E-state index contributed by atoms with van der Waals surface area (Å²) in [5.41, 5.74) is 0. The van der Waals surface area contributed by atoms with Crippen molar-refractivity contribution >= 4 is 5.96 Å². The molecule has 0 radical (unpaired) electrons. The number of nitrogens with one attached hydrogen (secondary N) is 2. The largest absolute Gasteiger partial charge is 0.354 e. The van der Waals surface area contributed by atoms with E-state index in [4.69, 9.17) is 0 Å². The maximum absolute atomic E-state index is 4.33. The Morgan fingerprint density at radius 2 is 2.00 bits per heavy atom. The number of nitrogens with zero attached hydrogens (tertiary/aromatic N) is 5. The van der Waals surface area contributed by atoms with Gasteiger partial charge in [-0.25, -0.2) is 4.98 Å². The van der Waals surface area contributed by atoms with Crippen molar-refractivity contribution in [3.05, 3.63) is 12.2 Å².